The molecular formula is C19H13ClN2O3S. The Labute approximate surface area is 158 Å². The maximum atomic E-state index is 12.5. The van der Waals surface area contributed by atoms with Gasteiger partial charge in [0.1, 0.15) is 5.75 Å². The average Bonchev–Trinajstić information content (AvgIpc) is 3.06. The average molecular weight is 385 g/mol. The number of halogens is 1. The summed E-state index contributed by atoms with van der Waals surface area (Å²) in [5, 5.41) is 8.02. The summed E-state index contributed by atoms with van der Waals surface area (Å²) in [6, 6.07) is 13.8. The van der Waals surface area contributed by atoms with E-state index in [1.54, 1.807) is 36.4 Å². The molecule has 0 aliphatic carbocycles. The zero-order valence-corrected chi connectivity index (χ0v) is 15.0. The standard InChI is InChI=1S/C19H13ClN2O3S/c20-11-3-5-17-15(8-11)22-19(24)14-9-12(4-6-16(14)25-17)21-18(23)10-13-2-1-7-26-13/h1-9H,10H2,(H,21,23)(H,22,24). The number of carbonyl (C=O) groups is 2. The molecule has 26 heavy (non-hydrogen) atoms. The Morgan fingerprint density at radius 2 is 2.00 bits per heavy atom. The molecule has 0 spiro atoms. The maximum Gasteiger partial charge on any atom is 0.259 e. The van der Waals surface area contributed by atoms with Crippen LogP contribution < -0.4 is 15.4 Å². The van der Waals surface area contributed by atoms with Crippen molar-refractivity contribution in [3.8, 4) is 11.5 Å². The Hall–Kier alpha value is -2.83. The number of ether oxygens (including phenoxy) is 1. The second-order valence-electron chi connectivity index (χ2n) is 5.71. The van der Waals surface area contributed by atoms with Crippen molar-refractivity contribution in [1.29, 1.82) is 0 Å². The molecule has 2 N–H and O–H groups in total. The largest absolute Gasteiger partial charge is 0.454 e. The molecule has 1 aliphatic heterocycles. The highest BCUT2D eigenvalue weighted by molar-refractivity contribution is 7.10. The van der Waals surface area contributed by atoms with Crippen LogP contribution in [-0.4, -0.2) is 11.8 Å². The summed E-state index contributed by atoms with van der Waals surface area (Å²) in [7, 11) is 0. The minimum atomic E-state index is -0.324. The Balaban J connectivity index is 1.57. The number of carbonyl (C=O) groups excluding carboxylic acids is 2. The van der Waals surface area contributed by atoms with Crippen LogP contribution in [0.3, 0.4) is 0 Å². The van der Waals surface area contributed by atoms with Crippen LogP contribution in [0, 0.1) is 0 Å². The van der Waals surface area contributed by atoms with Crippen molar-refractivity contribution >= 4 is 46.1 Å². The van der Waals surface area contributed by atoms with E-state index in [1.807, 2.05) is 17.5 Å². The molecule has 1 aliphatic rings. The molecule has 4 rings (SSSR count). The molecular weight excluding hydrogens is 372 g/mol. The van der Waals surface area contributed by atoms with Crippen molar-refractivity contribution < 1.29 is 14.3 Å². The van der Waals surface area contributed by atoms with Gasteiger partial charge in [0.25, 0.3) is 5.91 Å². The number of hydrogen-bond acceptors (Lipinski definition) is 4. The molecule has 0 saturated heterocycles. The quantitative estimate of drug-likeness (QED) is 0.672. The lowest BCUT2D eigenvalue weighted by Crippen LogP contribution is -2.15. The Bertz CT molecular complexity index is 1000. The van der Waals surface area contributed by atoms with Gasteiger partial charge in [-0.1, -0.05) is 17.7 Å². The second-order valence-corrected chi connectivity index (χ2v) is 7.18. The molecule has 0 bridgehead atoms. The van der Waals surface area contributed by atoms with Crippen molar-refractivity contribution in [2.45, 2.75) is 6.42 Å². The monoisotopic (exact) mass is 384 g/mol. The summed E-state index contributed by atoms with van der Waals surface area (Å²) in [5.74, 6) is 0.462. The van der Waals surface area contributed by atoms with Crippen LogP contribution in [-0.2, 0) is 11.2 Å². The third kappa shape index (κ3) is 3.42. The lowest BCUT2D eigenvalue weighted by molar-refractivity contribution is -0.115. The van der Waals surface area contributed by atoms with E-state index in [-0.39, 0.29) is 11.8 Å². The third-order valence-electron chi connectivity index (χ3n) is 3.83. The van der Waals surface area contributed by atoms with E-state index in [4.69, 9.17) is 16.3 Å². The first-order chi connectivity index (χ1) is 12.6. The van der Waals surface area contributed by atoms with Gasteiger partial charge in [0.05, 0.1) is 17.7 Å². The van der Waals surface area contributed by atoms with Crippen molar-refractivity contribution in [3.05, 3.63) is 69.4 Å². The van der Waals surface area contributed by atoms with Gasteiger partial charge in [0.15, 0.2) is 5.75 Å². The number of thiophene rings is 1. The van der Waals surface area contributed by atoms with Crippen LogP contribution in [0.1, 0.15) is 15.2 Å². The first-order valence-electron chi connectivity index (χ1n) is 7.83. The van der Waals surface area contributed by atoms with E-state index in [0.717, 1.165) is 4.88 Å². The summed E-state index contributed by atoms with van der Waals surface area (Å²) in [5.41, 5.74) is 1.38. The zero-order valence-electron chi connectivity index (χ0n) is 13.4. The van der Waals surface area contributed by atoms with Gasteiger partial charge < -0.3 is 15.4 Å². The van der Waals surface area contributed by atoms with Crippen LogP contribution in [0.15, 0.2) is 53.9 Å². The molecule has 5 nitrogen and oxygen atoms in total. The lowest BCUT2D eigenvalue weighted by Gasteiger charge is -2.09. The summed E-state index contributed by atoms with van der Waals surface area (Å²) >= 11 is 7.50. The lowest BCUT2D eigenvalue weighted by atomic mass is 10.1. The topological polar surface area (TPSA) is 67.4 Å². The molecule has 7 heteroatoms. The summed E-state index contributed by atoms with van der Waals surface area (Å²) in [4.78, 5) is 25.7. The fraction of sp³-hybridized carbons (Fsp3) is 0.0526. The zero-order chi connectivity index (χ0) is 18.1. The van der Waals surface area contributed by atoms with E-state index in [0.29, 0.717) is 39.9 Å². The Kier molecular flexibility index (Phi) is 4.36. The third-order valence-corrected chi connectivity index (χ3v) is 4.94. The van der Waals surface area contributed by atoms with Crippen LogP contribution in [0.25, 0.3) is 0 Å². The molecule has 130 valence electrons. The van der Waals surface area contributed by atoms with Crippen molar-refractivity contribution in [3.63, 3.8) is 0 Å². The highest BCUT2D eigenvalue weighted by Gasteiger charge is 2.21. The Morgan fingerprint density at radius 1 is 1.15 bits per heavy atom. The first kappa shape index (κ1) is 16.6. The van der Waals surface area contributed by atoms with E-state index in [2.05, 4.69) is 10.6 Å². The van der Waals surface area contributed by atoms with E-state index in [1.165, 1.54) is 11.3 Å². The summed E-state index contributed by atoms with van der Waals surface area (Å²) in [6.45, 7) is 0. The summed E-state index contributed by atoms with van der Waals surface area (Å²) in [6.07, 6.45) is 0.293. The number of fused-ring (bicyclic) bond motifs is 2. The van der Waals surface area contributed by atoms with Gasteiger partial charge in [0, 0.05) is 15.6 Å². The summed E-state index contributed by atoms with van der Waals surface area (Å²) < 4.78 is 5.82. The number of rotatable bonds is 3. The number of amides is 2. The Morgan fingerprint density at radius 3 is 2.81 bits per heavy atom. The van der Waals surface area contributed by atoms with Gasteiger partial charge in [-0.25, -0.2) is 0 Å². The molecule has 0 unspecified atom stereocenters. The molecule has 0 radical (unpaired) electrons. The highest BCUT2D eigenvalue weighted by atomic mass is 35.5. The van der Waals surface area contributed by atoms with Crippen LogP contribution in [0.5, 0.6) is 11.5 Å². The first-order valence-corrected chi connectivity index (χ1v) is 9.09. The van der Waals surface area contributed by atoms with E-state index in [9.17, 15) is 9.59 Å². The molecule has 2 amide bonds. The maximum absolute atomic E-state index is 12.5. The minimum Gasteiger partial charge on any atom is -0.454 e. The fourth-order valence-electron chi connectivity index (χ4n) is 2.65. The predicted octanol–water partition coefficient (Wildman–Crippen LogP) is 4.94. The van der Waals surface area contributed by atoms with Gasteiger partial charge >= 0.3 is 0 Å². The number of nitrogens with one attached hydrogen (secondary N) is 2. The molecule has 0 saturated carbocycles. The van der Waals surface area contributed by atoms with Gasteiger partial charge in [-0.2, -0.15) is 0 Å². The molecule has 1 aromatic heterocycles. The highest BCUT2D eigenvalue weighted by Crippen LogP contribution is 2.37. The van der Waals surface area contributed by atoms with Gasteiger partial charge in [-0.15, -0.1) is 11.3 Å². The van der Waals surface area contributed by atoms with Crippen molar-refractivity contribution in [2.24, 2.45) is 0 Å². The predicted molar refractivity (Wildman–Crippen MR) is 103 cm³/mol. The van der Waals surface area contributed by atoms with Crippen LogP contribution in [0.2, 0.25) is 5.02 Å². The number of benzene rings is 2. The van der Waals surface area contributed by atoms with Crippen molar-refractivity contribution in [2.75, 3.05) is 10.6 Å². The van der Waals surface area contributed by atoms with Gasteiger partial charge in [-0.3, -0.25) is 9.59 Å². The molecule has 0 atom stereocenters. The fourth-order valence-corrected chi connectivity index (χ4v) is 3.52. The number of anilines is 2. The van der Waals surface area contributed by atoms with E-state index < -0.39 is 0 Å². The second kappa shape index (κ2) is 6.82. The van der Waals surface area contributed by atoms with E-state index >= 15 is 0 Å². The number of hydrogen-bond donors (Lipinski definition) is 2. The molecule has 3 aromatic rings. The molecule has 2 aromatic carbocycles. The molecule has 2 heterocycles. The normalized spacial score (nSPS) is 12.3. The SMILES string of the molecule is O=C(Cc1cccs1)Nc1ccc2c(c1)C(=O)Nc1cc(Cl)ccc1O2. The smallest absolute Gasteiger partial charge is 0.259 e. The van der Waals surface area contributed by atoms with Gasteiger partial charge in [-0.05, 0) is 47.8 Å². The van der Waals surface area contributed by atoms with Crippen LogP contribution >= 0.6 is 22.9 Å². The van der Waals surface area contributed by atoms with Crippen molar-refractivity contribution in [1.82, 2.24) is 0 Å². The van der Waals surface area contributed by atoms with Crippen LogP contribution in [0.4, 0.5) is 11.4 Å². The van der Waals surface area contributed by atoms with Gasteiger partial charge in [0.2, 0.25) is 5.91 Å². The molecule has 0 fully saturated rings. The minimum absolute atomic E-state index is 0.141.